The topological polar surface area (TPSA) is 60.1 Å². The van der Waals surface area contributed by atoms with Gasteiger partial charge in [-0.1, -0.05) is 24.4 Å². The highest BCUT2D eigenvalue weighted by Gasteiger charge is 2.37. The molecule has 2 aliphatic rings. The first-order valence-electron chi connectivity index (χ1n) is 9.61. The van der Waals surface area contributed by atoms with E-state index < -0.39 is 0 Å². The summed E-state index contributed by atoms with van der Waals surface area (Å²) in [6.07, 6.45) is 6.73. The molecule has 1 aromatic carbocycles. The molecule has 27 heavy (non-hydrogen) atoms. The molecule has 0 radical (unpaired) electrons. The summed E-state index contributed by atoms with van der Waals surface area (Å²) in [6.45, 7) is 4.08. The molecular weight excluding hydrogens is 477 g/mol. The van der Waals surface area contributed by atoms with E-state index in [2.05, 4.69) is 4.90 Å². The molecule has 152 valence electrons. The molecule has 2 aliphatic heterocycles. The molecule has 0 atom stereocenters. The highest BCUT2D eigenvalue weighted by atomic mass is 127. The zero-order valence-electron chi connectivity index (χ0n) is 16.1. The molecule has 2 saturated heterocycles. The van der Waals surface area contributed by atoms with Gasteiger partial charge in [-0.25, -0.2) is 0 Å². The summed E-state index contributed by atoms with van der Waals surface area (Å²) in [4.78, 5) is 7.06. The van der Waals surface area contributed by atoms with Gasteiger partial charge in [-0.05, 0) is 43.9 Å². The van der Waals surface area contributed by atoms with Gasteiger partial charge < -0.3 is 20.1 Å². The first-order valence-corrected chi connectivity index (χ1v) is 9.99. The van der Waals surface area contributed by atoms with Crippen LogP contribution >= 0.6 is 35.6 Å². The number of rotatable bonds is 4. The first-order chi connectivity index (χ1) is 12.6. The Labute approximate surface area is 184 Å². The fraction of sp³-hybridized carbons (Fsp3) is 0.650. The molecule has 1 aromatic rings. The lowest BCUT2D eigenvalue weighted by Gasteiger charge is -2.37. The van der Waals surface area contributed by atoms with E-state index in [0.717, 1.165) is 55.5 Å². The summed E-state index contributed by atoms with van der Waals surface area (Å²) in [7, 11) is 1.70. The van der Waals surface area contributed by atoms with Crippen LogP contribution in [0.4, 0.5) is 0 Å². The Hall–Kier alpha value is -0.730. The van der Waals surface area contributed by atoms with Crippen molar-refractivity contribution >= 4 is 41.5 Å². The second kappa shape index (κ2) is 10.7. The highest BCUT2D eigenvalue weighted by Crippen LogP contribution is 2.41. The average molecular weight is 508 g/mol. The Morgan fingerprint density at radius 2 is 1.89 bits per heavy atom. The van der Waals surface area contributed by atoms with Crippen molar-refractivity contribution in [2.75, 3.05) is 40.0 Å². The largest absolute Gasteiger partial charge is 0.496 e. The van der Waals surface area contributed by atoms with E-state index in [1.165, 1.54) is 25.7 Å². The number of guanidine groups is 1. The smallest absolute Gasteiger partial charge is 0.191 e. The van der Waals surface area contributed by atoms with Crippen LogP contribution in [-0.2, 0) is 10.2 Å². The molecule has 2 N–H and O–H groups in total. The lowest BCUT2D eigenvalue weighted by molar-refractivity contribution is 0.0522. The Kier molecular flexibility index (Phi) is 8.95. The standard InChI is InChI=1S/C20H30ClN3O2.HI/c1-25-18-7-6-16(21)14-17(18)20(8-12-26-13-9-20)15-23-19(22)24-10-4-2-3-5-11-24;/h6-7,14H,2-5,8-13,15H2,1H3,(H2,22,23);1H. The van der Waals surface area contributed by atoms with Gasteiger partial charge in [0.15, 0.2) is 5.96 Å². The maximum absolute atomic E-state index is 6.36. The van der Waals surface area contributed by atoms with Gasteiger partial charge in [0, 0.05) is 42.3 Å². The van der Waals surface area contributed by atoms with Gasteiger partial charge in [-0.3, -0.25) is 4.99 Å². The Balaban J connectivity index is 0.00000261. The monoisotopic (exact) mass is 507 g/mol. The summed E-state index contributed by atoms with van der Waals surface area (Å²) >= 11 is 6.30. The zero-order valence-corrected chi connectivity index (χ0v) is 19.2. The number of nitrogens with zero attached hydrogens (tertiary/aromatic N) is 2. The van der Waals surface area contributed by atoms with Crippen molar-refractivity contribution in [3.8, 4) is 5.75 Å². The van der Waals surface area contributed by atoms with Crippen molar-refractivity contribution < 1.29 is 9.47 Å². The van der Waals surface area contributed by atoms with Crippen LogP contribution in [0.2, 0.25) is 5.02 Å². The van der Waals surface area contributed by atoms with Crippen molar-refractivity contribution in [2.24, 2.45) is 10.7 Å². The number of halogens is 2. The van der Waals surface area contributed by atoms with Crippen molar-refractivity contribution in [3.63, 3.8) is 0 Å². The third-order valence-corrected chi connectivity index (χ3v) is 5.89. The number of aliphatic imine (C=N–C) groups is 1. The van der Waals surface area contributed by atoms with Crippen LogP contribution in [0.5, 0.6) is 5.75 Å². The number of nitrogens with two attached hydrogens (primary N) is 1. The van der Waals surface area contributed by atoms with Crippen molar-refractivity contribution in [2.45, 2.75) is 43.9 Å². The maximum atomic E-state index is 6.36. The van der Waals surface area contributed by atoms with Crippen LogP contribution in [0, 0.1) is 0 Å². The van der Waals surface area contributed by atoms with Crippen LogP contribution in [-0.4, -0.2) is 50.8 Å². The van der Waals surface area contributed by atoms with Crippen LogP contribution < -0.4 is 10.5 Å². The number of ether oxygens (including phenoxy) is 2. The quantitative estimate of drug-likeness (QED) is 0.377. The molecule has 2 heterocycles. The lowest BCUT2D eigenvalue weighted by Crippen LogP contribution is -2.41. The van der Waals surface area contributed by atoms with Crippen LogP contribution in [0.3, 0.4) is 0 Å². The fourth-order valence-corrected chi connectivity index (χ4v) is 4.17. The Morgan fingerprint density at radius 3 is 2.52 bits per heavy atom. The van der Waals surface area contributed by atoms with Gasteiger partial charge in [-0.15, -0.1) is 24.0 Å². The van der Waals surface area contributed by atoms with E-state index in [9.17, 15) is 0 Å². The molecule has 0 aromatic heterocycles. The molecule has 0 saturated carbocycles. The van der Waals surface area contributed by atoms with Crippen molar-refractivity contribution in [1.82, 2.24) is 4.90 Å². The maximum Gasteiger partial charge on any atom is 0.191 e. The average Bonchev–Trinajstić information content (AvgIpc) is 2.96. The predicted molar refractivity (Wildman–Crippen MR) is 122 cm³/mol. The molecule has 0 amide bonds. The minimum absolute atomic E-state index is 0. The summed E-state index contributed by atoms with van der Waals surface area (Å²) < 4.78 is 11.3. The van der Waals surface area contributed by atoms with Crippen molar-refractivity contribution in [3.05, 3.63) is 28.8 Å². The molecule has 2 fully saturated rings. The second-order valence-electron chi connectivity index (χ2n) is 7.31. The molecule has 0 bridgehead atoms. The van der Waals surface area contributed by atoms with Gasteiger partial charge in [0.25, 0.3) is 0 Å². The van der Waals surface area contributed by atoms with Gasteiger partial charge in [0.2, 0.25) is 0 Å². The number of methoxy groups -OCH3 is 1. The molecule has 0 aliphatic carbocycles. The third-order valence-electron chi connectivity index (χ3n) is 5.66. The van der Waals surface area contributed by atoms with Gasteiger partial charge >= 0.3 is 0 Å². The van der Waals surface area contributed by atoms with Crippen LogP contribution in [0.1, 0.15) is 44.1 Å². The van der Waals surface area contributed by atoms with E-state index in [1.54, 1.807) is 7.11 Å². The fourth-order valence-electron chi connectivity index (χ4n) is 4.00. The van der Waals surface area contributed by atoms with E-state index in [4.69, 9.17) is 31.8 Å². The number of benzene rings is 1. The zero-order chi connectivity index (χ0) is 18.4. The number of hydrogen-bond acceptors (Lipinski definition) is 3. The Bertz CT molecular complexity index is 628. The van der Waals surface area contributed by atoms with Crippen LogP contribution in [0.25, 0.3) is 0 Å². The van der Waals surface area contributed by atoms with E-state index in [0.29, 0.717) is 12.5 Å². The highest BCUT2D eigenvalue weighted by molar-refractivity contribution is 14.0. The predicted octanol–water partition coefficient (Wildman–Crippen LogP) is 4.21. The van der Waals surface area contributed by atoms with Crippen LogP contribution in [0.15, 0.2) is 23.2 Å². The first kappa shape index (κ1) is 22.6. The summed E-state index contributed by atoms with van der Waals surface area (Å²) in [5.74, 6) is 1.53. The molecule has 7 heteroatoms. The van der Waals surface area contributed by atoms with Gasteiger partial charge in [0.1, 0.15) is 5.75 Å². The normalized spacial score (nSPS) is 20.5. The summed E-state index contributed by atoms with van der Waals surface area (Å²) in [5, 5.41) is 0.719. The minimum Gasteiger partial charge on any atom is -0.496 e. The molecule has 0 spiro atoms. The number of hydrogen-bond donors (Lipinski definition) is 1. The van der Waals surface area contributed by atoms with Crippen molar-refractivity contribution in [1.29, 1.82) is 0 Å². The molecular formula is C20H31ClIN3O2. The van der Waals surface area contributed by atoms with Gasteiger partial charge in [0.05, 0.1) is 13.7 Å². The van der Waals surface area contributed by atoms with E-state index in [1.807, 2.05) is 18.2 Å². The third kappa shape index (κ3) is 5.64. The minimum atomic E-state index is -0.148. The Morgan fingerprint density at radius 1 is 1.22 bits per heavy atom. The van der Waals surface area contributed by atoms with E-state index in [-0.39, 0.29) is 29.4 Å². The SMILES string of the molecule is COc1ccc(Cl)cc1C1(CN=C(N)N2CCCCCC2)CCOCC1.I. The summed E-state index contributed by atoms with van der Waals surface area (Å²) in [6, 6.07) is 5.83. The number of likely N-dealkylation sites (tertiary alicyclic amines) is 1. The molecule has 5 nitrogen and oxygen atoms in total. The van der Waals surface area contributed by atoms with Gasteiger partial charge in [-0.2, -0.15) is 0 Å². The molecule has 0 unspecified atom stereocenters. The lowest BCUT2D eigenvalue weighted by atomic mass is 9.73. The van der Waals surface area contributed by atoms with E-state index >= 15 is 0 Å². The molecule has 3 rings (SSSR count). The second-order valence-corrected chi connectivity index (χ2v) is 7.75. The summed E-state index contributed by atoms with van der Waals surface area (Å²) in [5.41, 5.74) is 7.33.